The summed E-state index contributed by atoms with van der Waals surface area (Å²) in [6.07, 6.45) is 0. The molecule has 0 bridgehead atoms. The number of hydrogen-bond donors (Lipinski definition) is 1. The lowest BCUT2D eigenvalue weighted by molar-refractivity contribution is -0.123. The number of nitrogens with zero attached hydrogens (tertiary/aromatic N) is 2. The molecule has 0 aliphatic rings. The minimum atomic E-state index is -0.923. The van der Waals surface area contributed by atoms with Gasteiger partial charge in [-0.2, -0.15) is 5.26 Å². The Kier molecular flexibility index (Phi) is 6.34. The van der Waals surface area contributed by atoms with Crippen LogP contribution in [0.5, 0.6) is 0 Å². The summed E-state index contributed by atoms with van der Waals surface area (Å²) in [7, 11) is 1.70. The maximum Gasteiger partial charge on any atom is 0.235 e. The van der Waals surface area contributed by atoms with Crippen molar-refractivity contribution < 1.29 is 9.18 Å². The molecule has 0 saturated heterocycles. The fourth-order valence-electron chi connectivity index (χ4n) is 1.88. The summed E-state index contributed by atoms with van der Waals surface area (Å²) in [6, 6.07) is 6.60. The van der Waals surface area contributed by atoms with Crippen LogP contribution in [0.2, 0.25) is 5.02 Å². The van der Waals surface area contributed by atoms with E-state index < -0.39 is 11.4 Å². The Bertz CT molecular complexity index is 565. The van der Waals surface area contributed by atoms with Crippen molar-refractivity contribution in [3.8, 4) is 6.07 Å². The summed E-state index contributed by atoms with van der Waals surface area (Å²) in [5.74, 6) is -0.704. The maximum atomic E-state index is 13.7. The third-order valence-corrected chi connectivity index (χ3v) is 4.04. The number of nitriles is 1. The molecule has 1 N–H and O–H groups in total. The first-order chi connectivity index (χ1) is 10.2. The molecule has 0 aromatic heterocycles. The Morgan fingerprint density at radius 1 is 1.55 bits per heavy atom. The van der Waals surface area contributed by atoms with Gasteiger partial charge in [0, 0.05) is 17.1 Å². The third kappa shape index (κ3) is 4.69. The number of hydrogen-bond acceptors (Lipinski definition) is 3. The number of carbonyl (C=O) groups is 1. The number of halogens is 2. The van der Waals surface area contributed by atoms with Gasteiger partial charge >= 0.3 is 0 Å². The summed E-state index contributed by atoms with van der Waals surface area (Å²) in [4.78, 5) is 13.7. The molecule has 1 aromatic carbocycles. The average molecular weight is 326 g/mol. The van der Waals surface area contributed by atoms with Gasteiger partial charge in [-0.25, -0.2) is 4.39 Å². The van der Waals surface area contributed by atoms with Crippen molar-refractivity contribution >= 4 is 17.5 Å². The molecule has 0 fully saturated rings. The normalized spacial score (nSPS) is 13.8. The number of carbonyl (C=O) groups excluding carboxylic acids is 1. The Labute approximate surface area is 135 Å². The van der Waals surface area contributed by atoms with Gasteiger partial charge in [0.05, 0.1) is 12.6 Å². The Morgan fingerprint density at radius 3 is 2.68 bits per heavy atom. The van der Waals surface area contributed by atoms with E-state index in [9.17, 15) is 14.4 Å². The molecule has 0 aliphatic carbocycles. The molecule has 0 radical (unpaired) electrons. The van der Waals surface area contributed by atoms with Crippen molar-refractivity contribution in [2.45, 2.75) is 32.9 Å². The third-order valence-electron chi connectivity index (χ3n) is 3.69. The minimum Gasteiger partial charge on any atom is -0.337 e. The first-order valence-corrected chi connectivity index (χ1v) is 7.41. The molecule has 0 heterocycles. The molecule has 0 unspecified atom stereocenters. The molecule has 4 nitrogen and oxygen atoms in total. The molecule has 1 amide bonds. The molecular formula is C16H21ClFN3O. The number of nitrogens with one attached hydrogen (secondary N) is 1. The standard InChI is InChI=1S/C16H21ClFN3O/c1-11(2)16(3,10-19)20-15(22)9-21(4)8-12-13(17)6-5-7-14(12)18/h5-7,11H,8-9H2,1-4H3,(H,20,22)/t16-/m0/s1. The van der Waals surface area contributed by atoms with E-state index in [2.05, 4.69) is 11.4 Å². The van der Waals surface area contributed by atoms with Crippen molar-refractivity contribution in [1.29, 1.82) is 5.26 Å². The Hall–Kier alpha value is -1.64. The molecule has 120 valence electrons. The van der Waals surface area contributed by atoms with Gasteiger partial charge in [-0.05, 0) is 32.0 Å². The van der Waals surface area contributed by atoms with Gasteiger partial charge in [0.25, 0.3) is 0 Å². The second kappa shape index (κ2) is 7.57. The highest BCUT2D eigenvalue weighted by Crippen LogP contribution is 2.20. The lowest BCUT2D eigenvalue weighted by atomic mass is 9.90. The zero-order valence-electron chi connectivity index (χ0n) is 13.3. The summed E-state index contributed by atoms with van der Waals surface area (Å²) in [5.41, 5.74) is -0.570. The first-order valence-electron chi connectivity index (χ1n) is 7.03. The van der Waals surface area contributed by atoms with E-state index >= 15 is 0 Å². The molecule has 6 heteroatoms. The van der Waals surface area contributed by atoms with Gasteiger partial charge < -0.3 is 5.32 Å². The molecule has 0 spiro atoms. The molecule has 0 aliphatic heterocycles. The van der Waals surface area contributed by atoms with Crippen molar-refractivity contribution in [3.63, 3.8) is 0 Å². The summed E-state index contributed by atoms with van der Waals surface area (Å²) in [6.45, 7) is 5.68. The van der Waals surface area contributed by atoms with Gasteiger partial charge in [0.15, 0.2) is 0 Å². The molecule has 1 atom stereocenters. The van der Waals surface area contributed by atoms with E-state index in [4.69, 9.17) is 11.6 Å². The highest BCUT2D eigenvalue weighted by atomic mass is 35.5. The lowest BCUT2D eigenvalue weighted by Gasteiger charge is -2.28. The number of amides is 1. The van der Waals surface area contributed by atoms with E-state index in [1.54, 1.807) is 24.9 Å². The molecule has 1 aromatic rings. The number of benzene rings is 1. The van der Waals surface area contributed by atoms with Gasteiger partial charge in [-0.3, -0.25) is 9.69 Å². The SMILES string of the molecule is CC(C)[C@](C)(C#N)NC(=O)CN(C)Cc1c(F)cccc1Cl. The van der Waals surface area contributed by atoms with Crippen molar-refractivity contribution in [3.05, 3.63) is 34.6 Å². The van der Waals surface area contributed by atoms with Gasteiger partial charge in [0.1, 0.15) is 11.4 Å². The van der Waals surface area contributed by atoms with Gasteiger partial charge in [0.2, 0.25) is 5.91 Å². The minimum absolute atomic E-state index is 0.0206. The summed E-state index contributed by atoms with van der Waals surface area (Å²) in [5, 5.41) is 12.3. The predicted molar refractivity (Wildman–Crippen MR) is 84.7 cm³/mol. The second-order valence-corrected chi connectivity index (χ2v) is 6.30. The van der Waals surface area contributed by atoms with E-state index in [-0.39, 0.29) is 24.9 Å². The van der Waals surface area contributed by atoms with Gasteiger partial charge in [-0.1, -0.05) is 31.5 Å². The Morgan fingerprint density at radius 2 is 2.18 bits per heavy atom. The van der Waals surface area contributed by atoms with Crippen LogP contribution < -0.4 is 5.32 Å². The molecule has 1 rings (SSSR count). The maximum absolute atomic E-state index is 13.7. The largest absolute Gasteiger partial charge is 0.337 e. The van der Waals surface area contributed by atoms with Crippen LogP contribution in [0.1, 0.15) is 26.3 Å². The van der Waals surface area contributed by atoms with Crippen LogP contribution in [0.3, 0.4) is 0 Å². The lowest BCUT2D eigenvalue weighted by Crippen LogP contribution is -2.51. The van der Waals surface area contributed by atoms with Crippen molar-refractivity contribution in [2.75, 3.05) is 13.6 Å². The van der Waals surface area contributed by atoms with Crippen molar-refractivity contribution in [1.82, 2.24) is 10.2 Å². The zero-order valence-corrected chi connectivity index (χ0v) is 14.0. The van der Waals surface area contributed by atoms with E-state index in [1.807, 2.05) is 13.8 Å². The first kappa shape index (κ1) is 18.4. The van der Waals surface area contributed by atoms with E-state index in [1.165, 1.54) is 12.1 Å². The van der Waals surface area contributed by atoms with E-state index in [0.717, 1.165) is 0 Å². The van der Waals surface area contributed by atoms with Crippen molar-refractivity contribution in [2.24, 2.45) is 5.92 Å². The number of likely N-dealkylation sites (N-methyl/N-ethyl adjacent to an activating group) is 1. The van der Waals surface area contributed by atoms with Crippen LogP contribution in [-0.4, -0.2) is 29.9 Å². The predicted octanol–water partition coefficient (Wildman–Crippen LogP) is 2.97. The molecule has 22 heavy (non-hydrogen) atoms. The van der Waals surface area contributed by atoms with Crippen LogP contribution in [0.25, 0.3) is 0 Å². The fourth-order valence-corrected chi connectivity index (χ4v) is 2.11. The second-order valence-electron chi connectivity index (χ2n) is 5.89. The highest BCUT2D eigenvalue weighted by Gasteiger charge is 2.30. The van der Waals surface area contributed by atoms with Gasteiger partial charge in [-0.15, -0.1) is 0 Å². The van der Waals surface area contributed by atoms with Crippen LogP contribution in [0.15, 0.2) is 18.2 Å². The monoisotopic (exact) mass is 325 g/mol. The van der Waals surface area contributed by atoms with Crippen LogP contribution >= 0.6 is 11.6 Å². The van der Waals surface area contributed by atoms with Crippen LogP contribution in [-0.2, 0) is 11.3 Å². The van der Waals surface area contributed by atoms with E-state index in [0.29, 0.717) is 10.6 Å². The van der Waals surface area contributed by atoms with Crippen LogP contribution in [0, 0.1) is 23.1 Å². The smallest absolute Gasteiger partial charge is 0.235 e. The number of rotatable bonds is 6. The average Bonchev–Trinajstić information content (AvgIpc) is 2.42. The highest BCUT2D eigenvalue weighted by molar-refractivity contribution is 6.31. The Balaban J connectivity index is 2.68. The summed E-state index contributed by atoms with van der Waals surface area (Å²) < 4.78 is 13.7. The molecule has 0 saturated carbocycles. The molecular weight excluding hydrogens is 305 g/mol. The van der Waals surface area contributed by atoms with Crippen LogP contribution in [0.4, 0.5) is 4.39 Å². The quantitative estimate of drug-likeness (QED) is 0.874. The topological polar surface area (TPSA) is 56.1 Å². The zero-order chi connectivity index (χ0) is 16.9. The summed E-state index contributed by atoms with van der Waals surface area (Å²) >= 11 is 5.97. The fraction of sp³-hybridized carbons (Fsp3) is 0.500.